The van der Waals surface area contributed by atoms with Gasteiger partial charge in [0, 0.05) is 0 Å². The number of hydrogen-bond acceptors (Lipinski definition) is 4. The lowest BCUT2D eigenvalue weighted by Gasteiger charge is -2.12. The summed E-state index contributed by atoms with van der Waals surface area (Å²) in [6, 6.07) is 6.99. The molecule has 6 heteroatoms. The Bertz CT molecular complexity index is 635. The van der Waals surface area contributed by atoms with E-state index in [0.29, 0.717) is 11.0 Å². The number of para-hydroxylation sites is 2. The summed E-state index contributed by atoms with van der Waals surface area (Å²) in [6.45, 7) is -0.0613. The van der Waals surface area contributed by atoms with Crippen LogP contribution < -0.4 is 5.56 Å². The van der Waals surface area contributed by atoms with Gasteiger partial charge in [0.1, 0.15) is 0 Å². The minimum Gasteiger partial charge on any atom is -0.481 e. The number of benzene rings is 1. The molecule has 2 N–H and O–H groups in total. The molecule has 6 nitrogen and oxygen atoms in total. The molecule has 94 valence electrons. The number of carboxylic acid groups (broad SMARTS) is 1. The molecule has 1 aromatic heterocycles. The third-order valence-electron chi connectivity index (χ3n) is 2.56. The summed E-state index contributed by atoms with van der Waals surface area (Å²) in [4.78, 5) is 26.2. The van der Waals surface area contributed by atoms with Crippen molar-refractivity contribution in [1.82, 2.24) is 9.55 Å². The zero-order valence-corrected chi connectivity index (χ0v) is 9.48. The molecule has 0 aliphatic carbocycles. The summed E-state index contributed by atoms with van der Waals surface area (Å²) in [5, 5.41) is 18.2. The number of aliphatic hydroxyl groups is 1. The first kappa shape index (κ1) is 12.3. The molecule has 0 aliphatic heterocycles. The number of aromatic nitrogens is 2. The SMILES string of the molecule is O=C(O)CC(O)Cn1c(=O)cnc2ccccc21. The number of fused-ring (bicyclic) bond motifs is 1. The van der Waals surface area contributed by atoms with Crippen molar-refractivity contribution in [2.24, 2.45) is 0 Å². The second kappa shape index (κ2) is 4.97. The lowest BCUT2D eigenvalue weighted by Crippen LogP contribution is -2.28. The molecule has 0 aliphatic rings. The topological polar surface area (TPSA) is 92.4 Å². The van der Waals surface area contributed by atoms with Gasteiger partial charge in [0.15, 0.2) is 0 Å². The molecule has 2 rings (SSSR count). The zero-order valence-electron chi connectivity index (χ0n) is 9.48. The van der Waals surface area contributed by atoms with E-state index in [0.717, 1.165) is 6.20 Å². The zero-order chi connectivity index (χ0) is 13.1. The normalized spacial score (nSPS) is 12.5. The molecule has 1 unspecified atom stereocenters. The maximum absolute atomic E-state index is 11.7. The number of aliphatic carboxylic acids is 1. The molecule has 0 saturated heterocycles. The van der Waals surface area contributed by atoms with E-state index in [1.807, 2.05) is 0 Å². The van der Waals surface area contributed by atoms with Crippen molar-refractivity contribution >= 4 is 17.0 Å². The van der Waals surface area contributed by atoms with Gasteiger partial charge in [0.2, 0.25) is 0 Å². The predicted molar refractivity (Wildman–Crippen MR) is 64.3 cm³/mol. The van der Waals surface area contributed by atoms with Crippen molar-refractivity contribution < 1.29 is 15.0 Å². The summed E-state index contributed by atoms with van der Waals surface area (Å²) < 4.78 is 1.33. The highest BCUT2D eigenvalue weighted by atomic mass is 16.4. The first-order valence-corrected chi connectivity index (χ1v) is 5.42. The standard InChI is InChI=1S/C12H12N2O4/c15-8(5-12(17)18)7-14-10-4-2-1-3-9(10)13-6-11(14)16/h1-4,6,8,15H,5,7H2,(H,17,18). The van der Waals surface area contributed by atoms with Gasteiger partial charge in [-0.05, 0) is 12.1 Å². The molecule has 0 radical (unpaired) electrons. The second-order valence-corrected chi connectivity index (χ2v) is 3.95. The van der Waals surface area contributed by atoms with Gasteiger partial charge in [-0.3, -0.25) is 9.59 Å². The van der Waals surface area contributed by atoms with E-state index < -0.39 is 18.5 Å². The van der Waals surface area contributed by atoms with Crippen molar-refractivity contribution in [3.63, 3.8) is 0 Å². The number of rotatable bonds is 4. The van der Waals surface area contributed by atoms with Gasteiger partial charge in [-0.15, -0.1) is 0 Å². The van der Waals surface area contributed by atoms with E-state index in [1.165, 1.54) is 4.57 Å². The summed E-state index contributed by atoms with van der Waals surface area (Å²) in [5.74, 6) is -1.10. The fraction of sp³-hybridized carbons (Fsp3) is 0.250. The molecule has 0 saturated carbocycles. The van der Waals surface area contributed by atoms with E-state index in [-0.39, 0.29) is 12.1 Å². The fourth-order valence-electron chi connectivity index (χ4n) is 1.78. The first-order chi connectivity index (χ1) is 8.58. The van der Waals surface area contributed by atoms with Gasteiger partial charge in [-0.2, -0.15) is 0 Å². The van der Waals surface area contributed by atoms with Crippen LogP contribution in [-0.2, 0) is 11.3 Å². The van der Waals surface area contributed by atoms with E-state index in [9.17, 15) is 14.7 Å². The van der Waals surface area contributed by atoms with Crippen LogP contribution in [0, 0.1) is 0 Å². The molecular weight excluding hydrogens is 236 g/mol. The Morgan fingerprint density at radius 1 is 1.39 bits per heavy atom. The van der Waals surface area contributed by atoms with Gasteiger partial charge in [-0.25, -0.2) is 4.98 Å². The van der Waals surface area contributed by atoms with Crippen LogP contribution >= 0.6 is 0 Å². The number of carbonyl (C=O) groups is 1. The third kappa shape index (κ3) is 2.54. The second-order valence-electron chi connectivity index (χ2n) is 3.95. The summed E-state index contributed by atoms with van der Waals surface area (Å²) >= 11 is 0. The van der Waals surface area contributed by atoms with Crippen molar-refractivity contribution in [3.05, 3.63) is 40.8 Å². The number of carboxylic acids is 1. The minimum atomic E-state index is -1.11. The van der Waals surface area contributed by atoms with Gasteiger partial charge in [0.05, 0.1) is 36.3 Å². The number of hydrogen-bond donors (Lipinski definition) is 2. The average Bonchev–Trinajstić information content (AvgIpc) is 2.32. The highest BCUT2D eigenvalue weighted by Crippen LogP contribution is 2.09. The van der Waals surface area contributed by atoms with Gasteiger partial charge < -0.3 is 14.8 Å². The summed E-state index contributed by atoms with van der Waals surface area (Å²) in [6.07, 6.45) is -0.343. The van der Waals surface area contributed by atoms with Crippen molar-refractivity contribution in [2.45, 2.75) is 19.1 Å². The number of nitrogens with zero attached hydrogens (tertiary/aromatic N) is 2. The van der Waals surface area contributed by atoms with Crippen molar-refractivity contribution in [2.75, 3.05) is 0 Å². The molecule has 0 spiro atoms. The van der Waals surface area contributed by atoms with Crippen LogP contribution in [0.2, 0.25) is 0 Å². The van der Waals surface area contributed by atoms with E-state index in [2.05, 4.69) is 4.98 Å². The Kier molecular flexibility index (Phi) is 3.38. The number of aliphatic hydroxyl groups excluding tert-OH is 1. The molecular formula is C12H12N2O4. The summed E-state index contributed by atoms with van der Waals surface area (Å²) in [7, 11) is 0. The van der Waals surface area contributed by atoms with Crippen LogP contribution in [0.4, 0.5) is 0 Å². The average molecular weight is 248 g/mol. The van der Waals surface area contributed by atoms with E-state index >= 15 is 0 Å². The van der Waals surface area contributed by atoms with E-state index in [1.54, 1.807) is 24.3 Å². The van der Waals surface area contributed by atoms with Crippen LogP contribution in [0.15, 0.2) is 35.3 Å². The lowest BCUT2D eigenvalue weighted by atomic mass is 10.2. The maximum Gasteiger partial charge on any atom is 0.306 e. The quantitative estimate of drug-likeness (QED) is 0.808. The molecule has 1 aromatic carbocycles. The largest absolute Gasteiger partial charge is 0.481 e. The molecule has 0 amide bonds. The van der Waals surface area contributed by atoms with Crippen LogP contribution in [0.25, 0.3) is 11.0 Å². The maximum atomic E-state index is 11.7. The molecule has 2 aromatic rings. The molecule has 0 bridgehead atoms. The van der Waals surface area contributed by atoms with Crippen molar-refractivity contribution in [3.8, 4) is 0 Å². The predicted octanol–water partition coefficient (Wildman–Crippen LogP) is 0.232. The Hall–Kier alpha value is -2.21. The Labute approximate surface area is 102 Å². The van der Waals surface area contributed by atoms with Gasteiger partial charge in [-0.1, -0.05) is 12.1 Å². The molecule has 18 heavy (non-hydrogen) atoms. The lowest BCUT2D eigenvalue weighted by molar-refractivity contribution is -0.139. The fourth-order valence-corrected chi connectivity index (χ4v) is 1.78. The third-order valence-corrected chi connectivity index (χ3v) is 2.56. The summed E-state index contributed by atoms with van der Waals surface area (Å²) in [5.41, 5.74) is 0.840. The van der Waals surface area contributed by atoms with Gasteiger partial charge in [0.25, 0.3) is 5.56 Å². The van der Waals surface area contributed by atoms with Crippen LogP contribution in [0.3, 0.4) is 0 Å². The molecule has 1 heterocycles. The highest BCUT2D eigenvalue weighted by molar-refractivity contribution is 5.74. The monoisotopic (exact) mass is 248 g/mol. The Morgan fingerprint density at radius 3 is 2.83 bits per heavy atom. The Morgan fingerprint density at radius 2 is 2.11 bits per heavy atom. The highest BCUT2D eigenvalue weighted by Gasteiger charge is 2.12. The smallest absolute Gasteiger partial charge is 0.306 e. The molecule has 1 atom stereocenters. The Balaban J connectivity index is 2.40. The van der Waals surface area contributed by atoms with Crippen LogP contribution in [0.1, 0.15) is 6.42 Å². The molecule has 0 fully saturated rings. The van der Waals surface area contributed by atoms with Crippen molar-refractivity contribution in [1.29, 1.82) is 0 Å². The van der Waals surface area contributed by atoms with Crippen LogP contribution in [-0.4, -0.2) is 31.8 Å². The van der Waals surface area contributed by atoms with Gasteiger partial charge >= 0.3 is 5.97 Å². The first-order valence-electron chi connectivity index (χ1n) is 5.42. The minimum absolute atomic E-state index is 0.0613. The van der Waals surface area contributed by atoms with Crippen LogP contribution in [0.5, 0.6) is 0 Å². The van der Waals surface area contributed by atoms with E-state index in [4.69, 9.17) is 5.11 Å².